The van der Waals surface area contributed by atoms with E-state index in [0.29, 0.717) is 19.4 Å². The third-order valence-corrected chi connectivity index (χ3v) is 3.91. The fourth-order valence-corrected chi connectivity index (χ4v) is 3.02. The van der Waals surface area contributed by atoms with Gasteiger partial charge in [0.25, 0.3) is 0 Å². The van der Waals surface area contributed by atoms with Gasteiger partial charge in [-0.05, 0) is 12.8 Å². The summed E-state index contributed by atoms with van der Waals surface area (Å²) >= 11 is 0. The molecule has 0 aromatic carbocycles. The van der Waals surface area contributed by atoms with Crippen molar-refractivity contribution in [2.24, 2.45) is 5.73 Å². The molecule has 1 aliphatic rings. The molecule has 1 saturated heterocycles. The first-order valence-electron chi connectivity index (χ1n) is 3.96. The lowest BCUT2D eigenvalue weighted by atomic mass is 9.95. The number of rotatable bonds is 2. The molecular formula is C7H15NO3S. The Morgan fingerprint density at radius 3 is 2.33 bits per heavy atom. The van der Waals surface area contributed by atoms with Crippen LogP contribution in [0.4, 0.5) is 0 Å². The molecule has 0 spiro atoms. The van der Waals surface area contributed by atoms with Crippen LogP contribution in [0.2, 0.25) is 0 Å². The molecule has 1 heterocycles. The van der Waals surface area contributed by atoms with Gasteiger partial charge in [0.1, 0.15) is 9.84 Å². The summed E-state index contributed by atoms with van der Waals surface area (Å²) in [6, 6.07) is 0. The molecule has 0 bridgehead atoms. The molecule has 1 rings (SSSR count). The van der Waals surface area contributed by atoms with Gasteiger partial charge in [0, 0.05) is 12.6 Å². The van der Waals surface area contributed by atoms with Crippen molar-refractivity contribution in [1.29, 1.82) is 0 Å². The Bertz CT molecular complexity index is 233. The van der Waals surface area contributed by atoms with Gasteiger partial charge in [-0.2, -0.15) is 0 Å². The van der Waals surface area contributed by atoms with Gasteiger partial charge in [-0.15, -0.1) is 0 Å². The van der Waals surface area contributed by atoms with Gasteiger partial charge >= 0.3 is 0 Å². The molecule has 72 valence electrons. The highest BCUT2D eigenvalue weighted by Crippen LogP contribution is 2.21. The van der Waals surface area contributed by atoms with E-state index in [1.807, 2.05) is 0 Å². The molecular weight excluding hydrogens is 178 g/mol. The summed E-state index contributed by atoms with van der Waals surface area (Å²) in [6.07, 6.45) is 1.03. The average molecular weight is 193 g/mol. The number of nitrogens with two attached hydrogens (primary N) is 1. The van der Waals surface area contributed by atoms with Gasteiger partial charge in [-0.3, -0.25) is 0 Å². The maximum Gasteiger partial charge on any atom is 0.150 e. The van der Waals surface area contributed by atoms with Crippen LogP contribution in [0.5, 0.6) is 0 Å². The predicted molar refractivity (Wildman–Crippen MR) is 46.7 cm³/mol. The molecule has 0 atom stereocenters. The summed E-state index contributed by atoms with van der Waals surface area (Å²) in [5, 5.41) is 0. The quantitative estimate of drug-likeness (QED) is 0.644. The Morgan fingerprint density at radius 2 is 1.92 bits per heavy atom. The topological polar surface area (TPSA) is 69.4 Å². The van der Waals surface area contributed by atoms with Crippen molar-refractivity contribution in [2.45, 2.75) is 18.4 Å². The first-order valence-corrected chi connectivity index (χ1v) is 5.78. The van der Waals surface area contributed by atoms with Gasteiger partial charge in [0.2, 0.25) is 0 Å². The number of ether oxygens (including phenoxy) is 1. The molecule has 0 aliphatic carbocycles. The summed E-state index contributed by atoms with van der Waals surface area (Å²) < 4.78 is 27.0. The summed E-state index contributed by atoms with van der Waals surface area (Å²) in [5.74, 6) is 0.402. The van der Waals surface area contributed by atoms with Crippen LogP contribution in [0.15, 0.2) is 0 Å². The molecule has 0 amide bonds. The van der Waals surface area contributed by atoms with Crippen LogP contribution in [-0.2, 0) is 14.6 Å². The minimum Gasteiger partial charge on any atom is -0.383 e. The van der Waals surface area contributed by atoms with E-state index in [0.717, 1.165) is 0 Å². The Hall–Kier alpha value is -0.130. The van der Waals surface area contributed by atoms with Crippen LogP contribution < -0.4 is 5.73 Å². The largest absolute Gasteiger partial charge is 0.383 e. The molecule has 12 heavy (non-hydrogen) atoms. The normalized spacial score (nSPS) is 26.8. The van der Waals surface area contributed by atoms with Crippen LogP contribution >= 0.6 is 0 Å². The van der Waals surface area contributed by atoms with Crippen molar-refractivity contribution in [3.8, 4) is 0 Å². The predicted octanol–water partition coefficient (Wildman–Crippen LogP) is -0.461. The number of hydrogen-bond donors (Lipinski definition) is 1. The summed E-state index contributed by atoms with van der Waals surface area (Å²) in [6.45, 7) is 0.447. The van der Waals surface area contributed by atoms with E-state index in [9.17, 15) is 8.42 Å². The first kappa shape index (κ1) is 9.95. The highest BCUT2D eigenvalue weighted by atomic mass is 32.2. The molecule has 5 heteroatoms. The summed E-state index contributed by atoms with van der Waals surface area (Å²) in [7, 11) is -1.23. The fraction of sp³-hybridized carbons (Fsp3) is 1.00. The van der Waals surface area contributed by atoms with Crippen molar-refractivity contribution < 1.29 is 13.2 Å². The van der Waals surface area contributed by atoms with Gasteiger partial charge in [0.05, 0.1) is 18.1 Å². The Kier molecular flexibility index (Phi) is 2.75. The standard InChI is InChI=1S/C7H15NO3S/c1-11-6-7(8)2-4-12(9,10)5-3-7/h2-6,8H2,1H3. The van der Waals surface area contributed by atoms with E-state index < -0.39 is 15.4 Å². The average Bonchev–Trinajstić information content (AvgIpc) is 1.98. The minimum atomic E-state index is -2.81. The summed E-state index contributed by atoms with van der Waals surface area (Å²) in [4.78, 5) is 0. The lowest BCUT2D eigenvalue weighted by molar-refractivity contribution is 0.126. The first-order chi connectivity index (χ1) is 5.47. The lowest BCUT2D eigenvalue weighted by Gasteiger charge is -2.32. The molecule has 2 N–H and O–H groups in total. The van der Waals surface area contributed by atoms with Crippen LogP contribution in [0.25, 0.3) is 0 Å². The van der Waals surface area contributed by atoms with E-state index in [2.05, 4.69) is 0 Å². The molecule has 1 aliphatic heterocycles. The maximum atomic E-state index is 11.0. The van der Waals surface area contributed by atoms with Gasteiger partial charge in [0.15, 0.2) is 0 Å². The van der Waals surface area contributed by atoms with Gasteiger partial charge < -0.3 is 10.5 Å². The highest BCUT2D eigenvalue weighted by Gasteiger charge is 2.33. The lowest BCUT2D eigenvalue weighted by Crippen LogP contribution is -2.50. The van der Waals surface area contributed by atoms with E-state index in [1.165, 1.54) is 0 Å². The number of hydrogen-bond acceptors (Lipinski definition) is 4. The summed E-state index contributed by atoms with van der Waals surface area (Å²) in [5.41, 5.74) is 5.48. The van der Waals surface area contributed by atoms with Crippen LogP contribution in [0, 0.1) is 0 Å². The monoisotopic (exact) mass is 193 g/mol. The molecule has 0 unspecified atom stereocenters. The molecule has 0 radical (unpaired) electrons. The second kappa shape index (κ2) is 3.32. The second-order valence-corrected chi connectivity index (χ2v) is 5.75. The molecule has 4 nitrogen and oxygen atoms in total. The van der Waals surface area contributed by atoms with Crippen LogP contribution in [0.1, 0.15) is 12.8 Å². The third kappa shape index (κ3) is 2.43. The SMILES string of the molecule is COCC1(N)CCS(=O)(=O)CC1. The zero-order valence-corrected chi connectivity index (χ0v) is 8.06. The molecule has 1 fully saturated rings. The van der Waals surface area contributed by atoms with Crippen LogP contribution in [-0.4, -0.2) is 39.2 Å². The van der Waals surface area contributed by atoms with E-state index in [-0.39, 0.29) is 11.5 Å². The molecule has 0 saturated carbocycles. The van der Waals surface area contributed by atoms with Gasteiger partial charge in [-0.25, -0.2) is 8.42 Å². The zero-order chi connectivity index (χ0) is 9.24. The highest BCUT2D eigenvalue weighted by molar-refractivity contribution is 7.91. The Labute approximate surface area is 73.0 Å². The van der Waals surface area contributed by atoms with Crippen LogP contribution in [0.3, 0.4) is 0 Å². The van der Waals surface area contributed by atoms with Crippen molar-refractivity contribution >= 4 is 9.84 Å². The maximum absolute atomic E-state index is 11.0. The Balaban J connectivity index is 2.55. The minimum absolute atomic E-state index is 0.201. The fourth-order valence-electron chi connectivity index (χ4n) is 1.38. The second-order valence-electron chi connectivity index (χ2n) is 3.45. The zero-order valence-electron chi connectivity index (χ0n) is 7.25. The van der Waals surface area contributed by atoms with Gasteiger partial charge in [-0.1, -0.05) is 0 Å². The Morgan fingerprint density at radius 1 is 1.42 bits per heavy atom. The third-order valence-electron chi connectivity index (χ3n) is 2.25. The smallest absolute Gasteiger partial charge is 0.150 e. The van der Waals surface area contributed by atoms with E-state index >= 15 is 0 Å². The molecule has 0 aromatic rings. The van der Waals surface area contributed by atoms with Crippen molar-refractivity contribution in [2.75, 3.05) is 25.2 Å². The molecule has 0 aromatic heterocycles. The number of sulfone groups is 1. The number of methoxy groups -OCH3 is 1. The van der Waals surface area contributed by atoms with E-state index in [1.54, 1.807) is 7.11 Å². The van der Waals surface area contributed by atoms with E-state index in [4.69, 9.17) is 10.5 Å². The van der Waals surface area contributed by atoms with Crippen molar-refractivity contribution in [3.63, 3.8) is 0 Å². The van der Waals surface area contributed by atoms with Crippen molar-refractivity contribution in [1.82, 2.24) is 0 Å². The van der Waals surface area contributed by atoms with Crippen molar-refractivity contribution in [3.05, 3.63) is 0 Å².